The van der Waals surface area contributed by atoms with Gasteiger partial charge in [-0.3, -0.25) is 19.1 Å². The monoisotopic (exact) mass is 384 g/mol. The Labute approximate surface area is 163 Å². The van der Waals surface area contributed by atoms with Gasteiger partial charge in [-0.15, -0.1) is 0 Å². The summed E-state index contributed by atoms with van der Waals surface area (Å²) in [6, 6.07) is 6.71. The minimum Gasteiger partial charge on any atom is -0.493 e. The predicted octanol–water partition coefficient (Wildman–Crippen LogP) is 1.93. The van der Waals surface area contributed by atoms with E-state index in [1.807, 2.05) is 36.4 Å². The van der Waals surface area contributed by atoms with Gasteiger partial charge in [0.2, 0.25) is 0 Å². The molecule has 148 valence electrons. The summed E-state index contributed by atoms with van der Waals surface area (Å²) >= 11 is 0. The van der Waals surface area contributed by atoms with Crippen molar-refractivity contribution in [3.8, 4) is 17.0 Å². The molecule has 3 rings (SSSR count). The Kier molecular flexibility index (Phi) is 6.10. The van der Waals surface area contributed by atoms with Gasteiger partial charge < -0.3 is 10.1 Å². The van der Waals surface area contributed by atoms with Gasteiger partial charge in [-0.25, -0.2) is 5.06 Å². The number of carbonyl (C=O) groups is 2. The standard InChI is InChI=1S/C20H24N4O4/c1-23-13-16-18(22-23)14-8-7-9-15(12-14)28-11-6-4-5-10-17(21-19(16)25)20(26)24(2)27-3/h4-5,7-9,12-13,17H,6,10-11H2,1-3H3,(H,21,25)/t17-/m0/s1. The molecule has 1 aromatic carbocycles. The molecule has 1 N–H and O–H groups in total. The molecule has 0 unspecified atom stereocenters. The summed E-state index contributed by atoms with van der Waals surface area (Å²) < 4.78 is 7.37. The Morgan fingerprint density at radius 1 is 1.39 bits per heavy atom. The van der Waals surface area contributed by atoms with Crippen molar-refractivity contribution in [2.45, 2.75) is 18.9 Å². The first kappa shape index (κ1) is 19.6. The van der Waals surface area contributed by atoms with Gasteiger partial charge in [0.1, 0.15) is 17.5 Å². The fourth-order valence-electron chi connectivity index (χ4n) is 2.96. The molecule has 1 aliphatic heterocycles. The minimum atomic E-state index is -0.753. The van der Waals surface area contributed by atoms with Gasteiger partial charge in [-0.1, -0.05) is 24.3 Å². The molecule has 0 aliphatic carbocycles. The molecule has 0 radical (unpaired) electrons. The largest absolute Gasteiger partial charge is 0.493 e. The summed E-state index contributed by atoms with van der Waals surface area (Å²) in [6.07, 6.45) is 6.47. The fraction of sp³-hybridized carbons (Fsp3) is 0.350. The molecule has 28 heavy (non-hydrogen) atoms. The van der Waals surface area contributed by atoms with E-state index in [0.717, 1.165) is 16.4 Å². The molecular formula is C20H24N4O4. The number of carbonyl (C=O) groups excluding carboxylic acids is 2. The van der Waals surface area contributed by atoms with Crippen molar-refractivity contribution in [2.75, 3.05) is 20.8 Å². The number of fused-ring (bicyclic) bond motifs is 4. The zero-order valence-electron chi connectivity index (χ0n) is 16.2. The zero-order chi connectivity index (χ0) is 20.1. The minimum absolute atomic E-state index is 0.337. The van der Waals surface area contributed by atoms with E-state index >= 15 is 0 Å². The predicted molar refractivity (Wildman–Crippen MR) is 104 cm³/mol. The molecule has 8 nitrogen and oxygen atoms in total. The van der Waals surface area contributed by atoms with Crippen LogP contribution in [-0.4, -0.2) is 53.5 Å². The second-order valence-corrected chi connectivity index (χ2v) is 6.48. The third-order valence-electron chi connectivity index (χ3n) is 4.46. The third-order valence-corrected chi connectivity index (χ3v) is 4.46. The Morgan fingerprint density at radius 3 is 3.00 bits per heavy atom. The van der Waals surface area contributed by atoms with Crippen LogP contribution in [0.25, 0.3) is 11.3 Å². The molecular weight excluding hydrogens is 360 g/mol. The summed E-state index contributed by atoms with van der Waals surface area (Å²) in [5, 5.41) is 8.36. The first-order valence-corrected chi connectivity index (χ1v) is 9.04. The topological polar surface area (TPSA) is 85.7 Å². The zero-order valence-corrected chi connectivity index (χ0v) is 16.2. The van der Waals surface area contributed by atoms with Crippen molar-refractivity contribution in [3.05, 3.63) is 48.2 Å². The van der Waals surface area contributed by atoms with Gasteiger partial charge >= 0.3 is 0 Å². The maximum absolute atomic E-state index is 13.0. The van der Waals surface area contributed by atoms with E-state index in [1.165, 1.54) is 14.2 Å². The highest BCUT2D eigenvalue weighted by atomic mass is 16.7. The molecule has 2 heterocycles. The summed E-state index contributed by atoms with van der Waals surface area (Å²) in [5.74, 6) is 0.00811. The Hall–Kier alpha value is -3.13. The number of benzene rings is 1. The van der Waals surface area contributed by atoms with E-state index in [1.54, 1.807) is 17.9 Å². The smallest absolute Gasteiger partial charge is 0.268 e. The van der Waals surface area contributed by atoms with E-state index in [-0.39, 0.29) is 11.8 Å². The van der Waals surface area contributed by atoms with Crippen LogP contribution in [0.5, 0.6) is 5.75 Å². The van der Waals surface area contributed by atoms with Crippen molar-refractivity contribution in [2.24, 2.45) is 7.05 Å². The Bertz CT molecular complexity index is 890. The number of hydroxylamine groups is 2. The Morgan fingerprint density at radius 2 is 2.21 bits per heavy atom. The number of rotatable bonds is 2. The van der Waals surface area contributed by atoms with Crippen LogP contribution in [0.15, 0.2) is 42.6 Å². The van der Waals surface area contributed by atoms with Crippen molar-refractivity contribution < 1.29 is 19.2 Å². The van der Waals surface area contributed by atoms with Crippen LogP contribution in [0.2, 0.25) is 0 Å². The number of nitrogens with one attached hydrogen (secondary N) is 1. The van der Waals surface area contributed by atoms with E-state index in [9.17, 15) is 9.59 Å². The molecule has 0 fully saturated rings. The van der Waals surface area contributed by atoms with Crippen LogP contribution in [0, 0.1) is 0 Å². The van der Waals surface area contributed by atoms with Crippen molar-refractivity contribution in [3.63, 3.8) is 0 Å². The van der Waals surface area contributed by atoms with Gasteiger partial charge in [0.15, 0.2) is 0 Å². The number of hydrogen-bond donors (Lipinski definition) is 1. The van der Waals surface area contributed by atoms with E-state index in [4.69, 9.17) is 9.57 Å². The highest BCUT2D eigenvalue weighted by molar-refractivity contribution is 6.02. The van der Waals surface area contributed by atoms with Gasteiger partial charge in [-0.2, -0.15) is 5.10 Å². The number of ether oxygens (including phenoxy) is 1. The van der Waals surface area contributed by atoms with Crippen LogP contribution >= 0.6 is 0 Å². The normalized spacial score (nSPS) is 17.1. The fourth-order valence-corrected chi connectivity index (χ4v) is 2.96. The lowest BCUT2D eigenvalue weighted by molar-refractivity contribution is -0.170. The quantitative estimate of drug-likeness (QED) is 0.632. The van der Waals surface area contributed by atoms with Crippen LogP contribution in [0.4, 0.5) is 0 Å². The SMILES string of the molecule is CON(C)C(=O)[C@@H]1CC=CCCOc2cccc(c2)-c2nn(C)cc2C(=O)N1. The highest BCUT2D eigenvalue weighted by Gasteiger charge is 2.26. The molecule has 8 heteroatoms. The maximum Gasteiger partial charge on any atom is 0.268 e. The third kappa shape index (κ3) is 4.40. The van der Waals surface area contributed by atoms with Gasteiger partial charge in [0.05, 0.1) is 19.3 Å². The second-order valence-electron chi connectivity index (χ2n) is 6.48. The number of amides is 2. The number of hydrogen-bond acceptors (Lipinski definition) is 5. The summed E-state index contributed by atoms with van der Waals surface area (Å²) in [4.78, 5) is 30.5. The first-order valence-electron chi connectivity index (χ1n) is 9.04. The molecule has 2 aromatic rings. The van der Waals surface area contributed by atoms with Gasteiger partial charge in [0.25, 0.3) is 11.8 Å². The van der Waals surface area contributed by atoms with Crippen LogP contribution in [0.1, 0.15) is 23.2 Å². The lowest BCUT2D eigenvalue weighted by Gasteiger charge is -2.22. The first-order chi connectivity index (χ1) is 13.5. The molecule has 2 amide bonds. The molecule has 0 saturated heterocycles. The number of aryl methyl sites for hydroxylation is 1. The molecule has 0 saturated carbocycles. The van der Waals surface area contributed by atoms with Crippen LogP contribution in [-0.2, 0) is 16.7 Å². The number of likely N-dealkylation sites (N-methyl/N-ethyl adjacent to an activating group) is 1. The molecule has 0 spiro atoms. The van der Waals surface area contributed by atoms with Gasteiger partial charge in [-0.05, 0) is 25.0 Å². The average molecular weight is 384 g/mol. The van der Waals surface area contributed by atoms with Crippen molar-refractivity contribution in [1.29, 1.82) is 0 Å². The average Bonchev–Trinajstić information content (AvgIpc) is 3.10. The summed E-state index contributed by atoms with van der Waals surface area (Å²) in [7, 11) is 4.67. The van der Waals surface area contributed by atoms with Crippen molar-refractivity contribution >= 4 is 11.8 Å². The van der Waals surface area contributed by atoms with E-state index < -0.39 is 6.04 Å². The molecule has 2 bridgehead atoms. The second kappa shape index (κ2) is 8.71. The Balaban J connectivity index is 1.99. The molecule has 1 atom stereocenters. The van der Waals surface area contributed by atoms with Crippen molar-refractivity contribution in [1.82, 2.24) is 20.2 Å². The summed E-state index contributed by atoms with van der Waals surface area (Å²) in [6.45, 7) is 0.512. The number of nitrogens with zero attached hydrogens (tertiary/aromatic N) is 3. The maximum atomic E-state index is 13.0. The highest BCUT2D eigenvalue weighted by Crippen LogP contribution is 2.26. The summed E-state index contributed by atoms with van der Waals surface area (Å²) in [5.41, 5.74) is 1.69. The lowest BCUT2D eigenvalue weighted by atomic mass is 10.1. The molecule has 1 aromatic heterocycles. The lowest BCUT2D eigenvalue weighted by Crippen LogP contribution is -2.46. The van der Waals surface area contributed by atoms with Crippen LogP contribution < -0.4 is 10.1 Å². The van der Waals surface area contributed by atoms with Gasteiger partial charge in [0, 0.05) is 25.9 Å². The number of aromatic nitrogens is 2. The van der Waals surface area contributed by atoms with Crippen LogP contribution in [0.3, 0.4) is 0 Å². The van der Waals surface area contributed by atoms with E-state index in [0.29, 0.717) is 30.7 Å². The molecule has 1 aliphatic rings. The van der Waals surface area contributed by atoms with E-state index in [2.05, 4.69) is 10.4 Å².